The van der Waals surface area contributed by atoms with Gasteiger partial charge in [0.25, 0.3) is 0 Å². The number of rotatable bonds is 6. The van der Waals surface area contributed by atoms with Crippen LogP contribution in [-0.2, 0) is 14.8 Å². The average Bonchev–Trinajstić information content (AvgIpc) is 2.33. The van der Waals surface area contributed by atoms with E-state index in [4.69, 9.17) is 0 Å². The molecule has 0 heterocycles. The van der Waals surface area contributed by atoms with E-state index in [0.29, 0.717) is 6.54 Å². The molecule has 2 aliphatic rings. The van der Waals surface area contributed by atoms with E-state index in [9.17, 15) is 22.0 Å². The second-order valence-electron chi connectivity index (χ2n) is 6.68. The van der Waals surface area contributed by atoms with Gasteiger partial charge in [0, 0.05) is 31.8 Å². The Morgan fingerprint density at radius 1 is 1.23 bits per heavy atom. The number of hydrogen-bond donors (Lipinski definition) is 2. The smallest absolute Gasteiger partial charge is 0.248 e. The third-order valence-corrected chi connectivity index (χ3v) is 5.22. The molecule has 0 aliphatic heterocycles. The zero-order valence-corrected chi connectivity index (χ0v) is 13.6. The van der Waals surface area contributed by atoms with Crippen molar-refractivity contribution in [2.45, 2.75) is 56.9 Å². The van der Waals surface area contributed by atoms with E-state index in [1.807, 2.05) is 0 Å². The lowest BCUT2D eigenvalue weighted by Gasteiger charge is -2.35. The summed E-state index contributed by atoms with van der Waals surface area (Å²) in [5.74, 6) is -2.98. The maximum absolute atomic E-state index is 12.7. The largest absolute Gasteiger partial charge is 0.356 e. The van der Waals surface area contributed by atoms with Crippen LogP contribution >= 0.6 is 0 Å². The van der Waals surface area contributed by atoms with Crippen LogP contribution in [-0.4, -0.2) is 39.1 Å². The molecule has 0 bridgehead atoms. The predicted molar refractivity (Wildman–Crippen MR) is 79.0 cm³/mol. The van der Waals surface area contributed by atoms with Crippen molar-refractivity contribution in [2.75, 3.05) is 12.8 Å². The number of hydrogen-bond acceptors (Lipinski definition) is 3. The zero-order chi connectivity index (χ0) is 16.4. The van der Waals surface area contributed by atoms with Crippen molar-refractivity contribution < 1.29 is 22.0 Å². The minimum absolute atomic E-state index is 0.0651. The first-order valence-electron chi connectivity index (χ1n) is 7.76. The molecule has 0 saturated heterocycles. The highest BCUT2D eigenvalue weighted by molar-refractivity contribution is 7.88. The molecule has 2 saturated carbocycles. The zero-order valence-electron chi connectivity index (χ0n) is 12.8. The van der Waals surface area contributed by atoms with Gasteiger partial charge in [-0.05, 0) is 24.7 Å². The van der Waals surface area contributed by atoms with Gasteiger partial charge in [-0.15, -0.1) is 0 Å². The third-order valence-electron chi connectivity index (χ3n) is 4.48. The first-order chi connectivity index (χ1) is 10.1. The van der Waals surface area contributed by atoms with Crippen LogP contribution in [0.2, 0.25) is 0 Å². The number of amides is 1. The fourth-order valence-electron chi connectivity index (χ4n) is 3.39. The summed E-state index contributed by atoms with van der Waals surface area (Å²) in [7, 11) is -3.27. The van der Waals surface area contributed by atoms with Gasteiger partial charge < -0.3 is 5.32 Å². The predicted octanol–water partition coefficient (Wildman–Crippen LogP) is 1.65. The third kappa shape index (κ3) is 5.46. The van der Waals surface area contributed by atoms with Crippen LogP contribution in [0.1, 0.15) is 44.9 Å². The van der Waals surface area contributed by atoms with Gasteiger partial charge in [0.2, 0.25) is 21.9 Å². The summed E-state index contributed by atoms with van der Waals surface area (Å²) in [6.45, 7) is 0.398. The molecule has 2 N–H and O–H groups in total. The first-order valence-corrected chi connectivity index (χ1v) is 9.65. The Labute approximate surface area is 130 Å². The fraction of sp³-hybridized carbons (Fsp3) is 0.929. The normalized spacial score (nSPS) is 28.9. The average molecular weight is 338 g/mol. The summed E-state index contributed by atoms with van der Waals surface area (Å²) < 4.78 is 50.8. The lowest BCUT2D eigenvalue weighted by molar-refractivity contribution is -0.133. The van der Waals surface area contributed by atoms with Gasteiger partial charge in [0.15, 0.2) is 0 Å². The first kappa shape index (κ1) is 17.6. The SMILES string of the molecule is CS(=O)(=O)NC1CCCCC1CNC(=O)CC1CC(F)(F)C1. The Kier molecular flexibility index (Phi) is 5.42. The molecule has 2 fully saturated rings. The molecular weight excluding hydrogens is 314 g/mol. The van der Waals surface area contributed by atoms with E-state index in [0.717, 1.165) is 31.9 Å². The second-order valence-corrected chi connectivity index (χ2v) is 8.46. The Morgan fingerprint density at radius 3 is 2.45 bits per heavy atom. The monoisotopic (exact) mass is 338 g/mol. The van der Waals surface area contributed by atoms with Gasteiger partial charge in [-0.25, -0.2) is 21.9 Å². The van der Waals surface area contributed by atoms with Gasteiger partial charge in [-0.1, -0.05) is 12.8 Å². The molecule has 2 atom stereocenters. The number of sulfonamides is 1. The van der Waals surface area contributed by atoms with E-state index in [1.165, 1.54) is 0 Å². The van der Waals surface area contributed by atoms with Crippen LogP contribution in [0.15, 0.2) is 0 Å². The molecule has 128 valence electrons. The second kappa shape index (κ2) is 6.78. The number of carbonyl (C=O) groups excluding carboxylic acids is 1. The highest BCUT2D eigenvalue weighted by Crippen LogP contribution is 2.43. The van der Waals surface area contributed by atoms with E-state index < -0.39 is 15.9 Å². The number of alkyl halides is 2. The lowest BCUT2D eigenvalue weighted by atomic mass is 9.79. The van der Waals surface area contributed by atoms with Gasteiger partial charge >= 0.3 is 0 Å². The summed E-state index contributed by atoms with van der Waals surface area (Å²) in [5.41, 5.74) is 0. The molecule has 0 aromatic rings. The van der Waals surface area contributed by atoms with Gasteiger partial charge in [0.05, 0.1) is 6.26 Å². The topological polar surface area (TPSA) is 75.3 Å². The fourth-order valence-corrected chi connectivity index (χ4v) is 4.25. The summed E-state index contributed by atoms with van der Waals surface area (Å²) in [4.78, 5) is 11.8. The molecule has 8 heteroatoms. The Bertz CT molecular complexity index is 502. The Hall–Kier alpha value is -0.760. The van der Waals surface area contributed by atoms with E-state index in [-0.39, 0.29) is 43.0 Å². The molecule has 5 nitrogen and oxygen atoms in total. The molecule has 2 aliphatic carbocycles. The molecule has 2 rings (SSSR count). The molecule has 0 spiro atoms. The van der Waals surface area contributed by atoms with Crippen molar-refractivity contribution in [2.24, 2.45) is 11.8 Å². The van der Waals surface area contributed by atoms with Crippen LogP contribution < -0.4 is 10.0 Å². The van der Waals surface area contributed by atoms with E-state index >= 15 is 0 Å². The number of carbonyl (C=O) groups is 1. The van der Waals surface area contributed by atoms with Crippen molar-refractivity contribution in [3.63, 3.8) is 0 Å². The Balaban J connectivity index is 1.75. The van der Waals surface area contributed by atoms with E-state index in [2.05, 4.69) is 10.0 Å². The Morgan fingerprint density at radius 2 is 1.86 bits per heavy atom. The van der Waals surface area contributed by atoms with Crippen molar-refractivity contribution in [3.8, 4) is 0 Å². The molecule has 1 amide bonds. The maximum atomic E-state index is 12.7. The molecule has 0 radical (unpaired) electrons. The minimum atomic E-state index is -3.27. The van der Waals surface area contributed by atoms with Gasteiger partial charge in [0.1, 0.15) is 0 Å². The van der Waals surface area contributed by atoms with Crippen LogP contribution in [0.5, 0.6) is 0 Å². The maximum Gasteiger partial charge on any atom is 0.248 e. The van der Waals surface area contributed by atoms with Gasteiger partial charge in [-0.2, -0.15) is 0 Å². The highest BCUT2D eigenvalue weighted by Gasteiger charge is 2.45. The van der Waals surface area contributed by atoms with Crippen molar-refractivity contribution >= 4 is 15.9 Å². The molecule has 0 aromatic carbocycles. The van der Waals surface area contributed by atoms with Crippen LogP contribution in [0.25, 0.3) is 0 Å². The van der Waals surface area contributed by atoms with Crippen LogP contribution in [0, 0.1) is 11.8 Å². The van der Waals surface area contributed by atoms with Crippen molar-refractivity contribution in [1.82, 2.24) is 10.0 Å². The quantitative estimate of drug-likeness (QED) is 0.773. The molecule has 2 unspecified atom stereocenters. The molecule has 22 heavy (non-hydrogen) atoms. The van der Waals surface area contributed by atoms with E-state index in [1.54, 1.807) is 0 Å². The lowest BCUT2D eigenvalue weighted by Crippen LogP contribution is -2.46. The van der Waals surface area contributed by atoms with Crippen molar-refractivity contribution in [1.29, 1.82) is 0 Å². The van der Waals surface area contributed by atoms with Crippen molar-refractivity contribution in [3.05, 3.63) is 0 Å². The van der Waals surface area contributed by atoms with Gasteiger partial charge in [-0.3, -0.25) is 4.79 Å². The summed E-state index contributed by atoms with van der Waals surface area (Å²) in [5, 5.41) is 2.78. The molecule has 0 aromatic heterocycles. The number of nitrogens with one attached hydrogen (secondary N) is 2. The summed E-state index contributed by atoms with van der Waals surface area (Å²) in [6, 6.07) is -0.155. The highest BCUT2D eigenvalue weighted by atomic mass is 32.2. The summed E-state index contributed by atoms with van der Waals surface area (Å²) >= 11 is 0. The summed E-state index contributed by atoms with van der Waals surface area (Å²) in [6.07, 6.45) is 4.45. The van der Waals surface area contributed by atoms with Crippen LogP contribution in [0.3, 0.4) is 0 Å². The molecular formula is C14H24F2N2O3S. The standard InChI is InChI=1S/C14H24F2N2O3S/c1-22(20,21)18-12-5-3-2-4-11(12)9-17-13(19)6-10-7-14(15,16)8-10/h10-12,18H,2-9H2,1H3,(H,17,19). The number of halogens is 2. The minimum Gasteiger partial charge on any atom is -0.356 e. The van der Waals surface area contributed by atoms with Crippen LogP contribution in [0.4, 0.5) is 8.78 Å².